The Balaban J connectivity index is 0.980. The van der Waals surface area contributed by atoms with Crippen LogP contribution in [0.2, 0.25) is 5.02 Å². The van der Waals surface area contributed by atoms with Gasteiger partial charge in [-0.3, -0.25) is 14.5 Å². The average Bonchev–Trinajstić information content (AvgIpc) is 2.79. The molecule has 4 aliphatic carbocycles. The van der Waals surface area contributed by atoms with Crippen molar-refractivity contribution in [3.8, 4) is 0 Å². The molecule has 6 heteroatoms. The van der Waals surface area contributed by atoms with E-state index in [1.165, 1.54) is 44.1 Å². The Bertz CT molecular complexity index is 958. The predicted molar refractivity (Wildman–Crippen MR) is 138 cm³/mol. The minimum Gasteiger partial charge on any atom is -0.345 e. The maximum absolute atomic E-state index is 13.7. The summed E-state index contributed by atoms with van der Waals surface area (Å²) in [5, 5.41) is 0.549. The number of piperidine rings is 1. The highest BCUT2D eigenvalue weighted by Crippen LogP contribution is 2.60. The molecule has 6 fully saturated rings. The highest BCUT2D eigenvalue weighted by molar-refractivity contribution is 6.33. The number of carbonyl (C=O) groups is 2. The molecule has 1 aromatic rings. The zero-order valence-electron chi connectivity index (χ0n) is 21.3. The van der Waals surface area contributed by atoms with Crippen molar-refractivity contribution >= 4 is 23.4 Å². The Morgan fingerprint density at radius 1 is 1.00 bits per heavy atom. The van der Waals surface area contributed by atoms with E-state index >= 15 is 0 Å². The van der Waals surface area contributed by atoms with Crippen molar-refractivity contribution in [1.82, 2.24) is 14.7 Å². The molecule has 0 spiro atoms. The number of benzene rings is 1. The predicted octanol–water partition coefficient (Wildman–Crippen LogP) is 4.72. The molecule has 35 heavy (non-hydrogen) atoms. The van der Waals surface area contributed by atoms with Crippen molar-refractivity contribution in [3.05, 3.63) is 34.3 Å². The van der Waals surface area contributed by atoms with E-state index in [9.17, 15) is 9.59 Å². The van der Waals surface area contributed by atoms with E-state index in [4.69, 9.17) is 11.6 Å². The molecular formula is C29H40ClN3O2. The lowest BCUT2D eigenvalue weighted by atomic mass is 9.49. The first-order valence-corrected chi connectivity index (χ1v) is 14.2. The van der Waals surface area contributed by atoms with Gasteiger partial charge in [0.1, 0.15) is 0 Å². The van der Waals surface area contributed by atoms with Crippen LogP contribution in [0.1, 0.15) is 67.3 Å². The molecule has 4 saturated carbocycles. The number of amides is 2. The van der Waals surface area contributed by atoms with Gasteiger partial charge in [0, 0.05) is 46.3 Å². The van der Waals surface area contributed by atoms with Crippen LogP contribution in [0.5, 0.6) is 0 Å². The first-order chi connectivity index (χ1) is 16.8. The minimum atomic E-state index is -0.0515. The molecule has 2 aliphatic heterocycles. The van der Waals surface area contributed by atoms with Gasteiger partial charge in [0.25, 0.3) is 5.91 Å². The lowest BCUT2D eigenvalue weighted by Gasteiger charge is -2.57. The highest BCUT2D eigenvalue weighted by Gasteiger charge is 2.55. The fourth-order valence-electron chi connectivity index (χ4n) is 8.61. The van der Waals surface area contributed by atoms with Crippen LogP contribution >= 0.6 is 11.6 Å². The van der Waals surface area contributed by atoms with E-state index < -0.39 is 0 Å². The molecule has 2 saturated heterocycles. The fourth-order valence-corrected chi connectivity index (χ4v) is 8.90. The Morgan fingerprint density at radius 3 is 2.14 bits per heavy atom. The average molecular weight is 498 g/mol. The molecule has 0 aromatic heterocycles. The van der Waals surface area contributed by atoms with Gasteiger partial charge in [-0.2, -0.15) is 0 Å². The van der Waals surface area contributed by atoms with Gasteiger partial charge in [-0.1, -0.05) is 17.7 Å². The second kappa shape index (κ2) is 9.06. The van der Waals surface area contributed by atoms with E-state index in [0.29, 0.717) is 28.5 Å². The van der Waals surface area contributed by atoms with Gasteiger partial charge in [0.05, 0.1) is 16.0 Å². The van der Waals surface area contributed by atoms with Crippen LogP contribution in [0.15, 0.2) is 18.2 Å². The molecule has 2 heterocycles. The third-order valence-corrected chi connectivity index (χ3v) is 10.3. The molecule has 0 radical (unpaired) electrons. The maximum atomic E-state index is 13.7. The summed E-state index contributed by atoms with van der Waals surface area (Å²) >= 11 is 6.41. The molecule has 4 bridgehead atoms. The first-order valence-electron chi connectivity index (χ1n) is 13.8. The number of hydrogen-bond donors (Lipinski definition) is 0. The summed E-state index contributed by atoms with van der Waals surface area (Å²) in [4.78, 5) is 32.3. The molecule has 190 valence electrons. The Labute approximate surface area is 215 Å². The molecule has 7 rings (SSSR count). The standard InChI is InChI=1S/C29H40ClN3O2/c1-31(2)27(34)25-4-3-19(13-26(25)30)9-23-17-33(18-23)24-5-7-32(8-6-24)28(35)29-14-20-10-21(15-29)12-22(11-20)16-29/h3-4,13,20-24H,5-12,14-18H2,1-2H3. The van der Waals surface area contributed by atoms with Gasteiger partial charge in [0.2, 0.25) is 5.91 Å². The lowest BCUT2D eigenvalue weighted by molar-refractivity contribution is -0.159. The molecular weight excluding hydrogens is 458 g/mol. The summed E-state index contributed by atoms with van der Waals surface area (Å²) in [7, 11) is 3.50. The summed E-state index contributed by atoms with van der Waals surface area (Å²) in [6.07, 6.45) is 11.0. The van der Waals surface area contributed by atoms with Crippen molar-refractivity contribution in [3.63, 3.8) is 0 Å². The van der Waals surface area contributed by atoms with Crippen LogP contribution in [0.25, 0.3) is 0 Å². The quantitative estimate of drug-likeness (QED) is 0.591. The summed E-state index contributed by atoms with van der Waals surface area (Å²) < 4.78 is 0. The minimum absolute atomic E-state index is 0.0113. The highest BCUT2D eigenvalue weighted by atomic mass is 35.5. The summed E-state index contributed by atoms with van der Waals surface area (Å²) in [5.74, 6) is 3.61. The number of hydrogen-bond acceptors (Lipinski definition) is 3. The third kappa shape index (κ3) is 4.41. The first kappa shape index (κ1) is 23.8. The third-order valence-electron chi connectivity index (χ3n) is 9.94. The molecule has 5 nitrogen and oxygen atoms in total. The second-order valence-corrected chi connectivity index (χ2v) is 13.2. The van der Waals surface area contributed by atoms with Crippen molar-refractivity contribution in [2.24, 2.45) is 29.1 Å². The number of carbonyl (C=O) groups excluding carboxylic acids is 2. The summed E-state index contributed by atoms with van der Waals surface area (Å²) in [6.45, 7) is 4.15. The lowest BCUT2D eigenvalue weighted by Crippen LogP contribution is -2.59. The van der Waals surface area contributed by atoms with Crippen LogP contribution in [-0.4, -0.2) is 72.8 Å². The van der Waals surface area contributed by atoms with Gasteiger partial charge >= 0.3 is 0 Å². The number of halogens is 1. The largest absolute Gasteiger partial charge is 0.345 e. The van der Waals surface area contributed by atoms with E-state index in [2.05, 4.69) is 15.9 Å². The summed E-state index contributed by atoms with van der Waals surface area (Å²) in [6, 6.07) is 6.51. The molecule has 0 unspecified atom stereocenters. The van der Waals surface area contributed by atoms with Crippen LogP contribution in [0.4, 0.5) is 0 Å². The Kier molecular flexibility index (Phi) is 6.16. The van der Waals surface area contributed by atoms with Gasteiger partial charge in [0.15, 0.2) is 0 Å². The summed E-state index contributed by atoms with van der Waals surface area (Å²) in [5.41, 5.74) is 1.80. The maximum Gasteiger partial charge on any atom is 0.254 e. The van der Waals surface area contributed by atoms with Crippen LogP contribution < -0.4 is 0 Å². The van der Waals surface area contributed by atoms with Crippen LogP contribution in [0, 0.1) is 29.1 Å². The van der Waals surface area contributed by atoms with Gasteiger partial charge in [-0.05, 0) is 99.2 Å². The molecule has 6 aliphatic rings. The van der Waals surface area contributed by atoms with Crippen LogP contribution in [-0.2, 0) is 11.2 Å². The van der Waals surface area contributed by atoms with Gasteiger partial charge in [-0.25, -0.2) is 0 Å². The van der Waals surface area contributed by atoms with E-state index in [1.54, 1.807) is 19.0 Å². The zero-order chi connectivity index (χ0) is 24.3. The number of likely N-dealkylation sites (tertiary alicyclic amines) is 2. The van der Waals surface area contributed by atoms with E-state index in [0.717, 1.165) is 63.2 Å². The fraction of sp³-hybridized carbons (Fsp3) is 0.724. The van der Waals surface area contributed by atoms with E-state index in [1.807, 2.05) is 12.1 Å². The normalized spacial score (nSPS) is 33.1. The van der Waals surface area contributed by atoms with Crippen molar-refractivity contribution in [2.75, 3.05) is 40.3 Å². The van der Waals surface area contributed by atoms with Crippen molar-refractivity contribution in [2.45, 2.75) is 63.8 Å². The monoisotopic (exact) mass is 497 g/mol. The Hall–Kier alpha value is -1.59. The van der Waals surface area contributed by atoms with Crippen LogP contribution in [0.3, 0.4) is 0 Å². The van der Waals surface area contributed by atoms with Crippen molar-refractivity contribution in [1.29, 1.82) is 0 Å². The molecule has 0 N–H and O–H groups in total. The SMILES string of the molecule is CN(C)C(=O)c1ccc(CC2CN(C3CCN(C(=O)C45CC6CC(CC(C6)C4)C5)CC3)C2)cc1Cl. The Morgan fingerprint density at radius 2 is 1.60 bits per heavy atom. The van der Waals surface area contributed by atoms with E-state index in [-0.39, 0.29) is 11.3 Å². The number of rotatable bonds is 5. The zero-order valence-corrected chi connectivity index (χ0v) is 22.1. The van der Waals surface area contributed by atoms with Gasteiger partial charge in [-0.15, -0.1) is 0 Å². The topological polar surface area (TPSA) is 43.9 Å². The smallest absolute Gasteiger partial charge is 0.254 e. The molecule has 2 amide bonds. The second-order valence-electron chi connectivity index (χ2n) is 12.8. The molecule has 1 aromatic carbocycles. The number of nitrogens with zero attached hydrogens (tertiary/aromatic N) is 3. The van der Waals surface area contributed by atoms with Crippen molar-refractivity contribution < 1.29 is 9.59 Å². The molecule has 0 atom stereocenters. The van der Waals surface area contributed by atoms with Gasteiger partial charge < -0.3 is 9.80 Å².